The lowest BCUT2D eigenvalue weighted by Crippen LogP contribution is -2.46. The first-order chi connectivity index (χ1) is 10.4. The van der Waals surface area contributed by atoms with Crippen LogP contribution in [0.25, 0.3) is 0 Å². The minimum atomic E-state index is -3.71. The largest absolute Gasteiger partial charge is 0.495 e. The fourth-order valence-electron chi connectivity index (χ4n) is 2.45. The van der Waals surface area contributed by atoms with Crippen molar-refractivity contribution >= 4 is 27.5 Å². The maximum Gasteiger partial charge on any atom is 0.243 e. The number of piperidine rings is 1. The summed E-state index contributed by atoms with van der Waals surface area (Å²) in [6.45, 7) is 0.468. The first kappa shape index (κ1) is 17.0. The number of ether oxygens (including phenoxy) is 1. The third-order valence-corrected chi connectivity index (χ3v) is 5.81. The van der Waals surface area contributed by atoms with Crippen LogP contribution in [0.15, 0.2) is 23.1 Å². The van der Waals surface area contributed by atoms with Crippen molar-refractivity contribution in [2.75, 3.05) is 20.2 Å². The molecule has 1 aliphatic heterocycles. The van der Waals surface area contributed by atoms with Crippen LogP contribution >= 0.6 is 11.6 Å². The Kier molecular flexibility index (Phi) is 5.28. The molecule has 1 heterocycles. The van der Waals surface area contributed by atoms with E-state index in [1.807, 2.05) is 0 Å². The van der Waals surface area contributed by atoms with E-state index >= 15 is 0 Å². The summed E-state index contributed by atoms with van der Waals surface area (Å²) in [4.78, 5) is 11.7. The zero-order valence-corrected chi connectivity index (χ0v) is 13.7. The molecule has 1 atom stereocenters. The summed E-state index contributed by atoms with van der Waals surface area (Å²) in [6, 6.07) is 4.29. The van der Waals surface area contributed by atoms with E-state index < -0.39 is 15.9 Å². The number of hydrazine groups is 1. The normalized spacial score (nSPS) is 19.7. The predicted octanol–water partition coefficient (Wildman–Crippen LogP) is 0.739. The number of amides is 1. The van der Waals surface area contributed by atoms with E-state index in [9.17, 15) is 13.2 Å². The molecule has 1 saturated heterocycles. The molecular weight excluding hydrogens is 330 g/mol. The minimum Gasteiger partial charge on any atom is -0.495 e. The highest BCUT2D eigenvalue weighted by Gasteiger charge is 2.33. The third-order valence-electron chi connectivity index (χ3n) is 3.66. The molecule has 2 rings (SSSR count). The van der Waals surface area contributed by atoms with Crippen LogP contribution in [-0.2, 0) is 14.8 Å². The van der Waals surface area contributed by atoms with Gasteiger partial charge in [0.2, 0.25) is 15.9 Å². The Balaban J connectivity index is 2.26. The van der Waals surface area contributed by atoms with Crippen LogP contribution in [0.1, 0.15) is 12.8 Å². The smallest absolute Gasteiger partial charge is 0.243 e. The van der Waals surface area contributed by atoms with Gasteiger partial charge in [-0.25, -0.2) is 14.3 Å². The third kappa shape index (κ3) is 3.35. The minimum absolute atomic E-state index is 0.0760. The van der Waals surface area contributed by atoms with Gasteiger partial charge in [0.1, 0.15) is 5.75 Å². The summed E-state index contributed by atoms with van der Waals surface area (Å²) < 4.78 is 31.6. The average Bonchev–Trinajstić information content (AvgIpc) is 2.54. The molecule has 0 unspecified atom stereocenters. The Hall–Kier alpha value is -1.35. The molecule has 122 valence electrons. The number of sulfonamides is 1. The summed E-state index contributed by atoms with van der Waals surface area (Å²) in [5.41, 5.74) is 2.07. The topological polar surface area (TPSA) is 102 Å². The van der Waals surface area contributed by atoms with Gasteiger partial charge in [-0.1, -0.05) is 11.6 Å². The SMILES string of the molecule is COc1ccc(S(=O)(=O)N2CCC[C@H](C(=O)NN)C2)cc1Cl. The highest BCUT2D eigenvalue weighted by atomic mass is 35.5. The Morgan fingerprint density at radius 1 is 1.50 bits per heavy atom. The molecule has 1 aromatic rings. The van der Waals surface area contributed by atoms with E-state index in [0.29, 0.717) is 25.1 Å². The van der Waals surface area contributed by atoms with Crippen molar-refractivity contribution in [2.24, 2.45) is 11.8 Å². The van der Waals surface area contributed by atoms with Crippen molar-refractivity contribution in [2.45, 2.75) is 17.7 Å². The van der Waals surface area contributed by atoms with Gasteiger partial charge in [0, 0.05) is 13.1 Å². The Labute approximate surface area is 134 Å². The van der Waals surface area contributed by atoms with Crippen LogP contribution in [0.4, 0.5) is 0 Å². The van der Waals surface area contributed by atoms with Crippen LogP contribution in [0.2, 0.25) is 5.02 Å². The Bertz CT molecular complexity index is 665. The van der Waals surface area contributed by atoms with Crippen LogP contribution in [0.3, 0.4) is 0 Å². The lowest BCUT2D eigenvalue weighted by Gasteiger charge is -2.30. The number of halogens is 1. The molecule has 1 fully saturated rings. The standard InChI is InChI=1S/C13H18ClN3O4S/c1-21-12-5-4-10(7-11(12)14)22(19,20)17-6-2-3-9(8-17)13(18)16-15/h4-5,7,9H,2-3,6,8,15H2,1H3,(H,16,18)/t9-/m0/s1. The zero-order valence-electron chi connectivity index (χ0n) is 12.1. The fraction of sp³-hybridized carbons (Fsp3) is 0.462. The van der Waals surface area contributed by atoms with Crippen molar-refractivity contribution in [3.63, 3.8) is 0 Å². The van der Waals surface area contributed by atoms with Gasteiger partial charge in [0.15, 0.2) is 0 Å². The molecule has 3 N–H and O–H groups in total. The summed E-state index contributed by atoms with van der Waals surface area (Å²) in [5.74, 6) is 4.73. The molecule has 1 aliphatic rings. The van der Waals surface area contributed by atoms with Crippen LogP contribution < -0.4 is 16.0 Å². The van der Waals surface area contributed by atoms with E-state index in [1.54, 1.807) is 0 Å². The van der Waals surface area contributed by atoms with Crippen LogP contribution in [0.5, 0.6) is 5.75 Å². The summed E-state index contributed by atoms with van der Waals surface area (Å²) in [7, 11) is -2.26. The molecule has 0 aromatic heterocycles. The highest BCUT2D eigenvalue weighted by molar-refractivity contribution is 7.89. The first-order valence-electron chi connectivity index (χ1n) is 6.74. The number of methoxy groups -OCH3 is 1. The molecule has 22 heavy (non-hydrogen) atoms. The molecule has 7 nitrogen and oxygen atoms in total. The Morgan fingerprint density at radius 3 is 2.82 bits per heavy atom. The number of nitrogens with zero attached hydrogens (tertiary/aromatic N) is 1. The van der Waals surface area contributed by atoms with Gasteiger partial charge in [-0.05, 0) is 31.0 Å². The second-order valence-electron chi connectivity index (χ2n) is 5.01. The van der Waals surface area contributed by atoms with Gasteiger partial charge in [0.05, 0.1) is 22.9 Å². The number of nitrogens with one attached hydrogen (secondary N) is 1. The van der Waals surface area contributed by atoms with E-state index in [1.165, 1.54) is 29.6 Å². The maximum atomic E-state index is 12.7. The Morgan fingerprint density at radius 2 is 2.23 bits per heavy atom. The molecule has 0 radical (unpaired) electrons. The van der Waals surface area contributed by atoms with Crippen LogP contribution in [-0.4, -0.2) is 38.8 Å². The number of hydrogen-bond donors (Lipinski definition) is 2. The number of carbonyl (C=O) groups is 1. The second kappa shape index (κ2) is 6.82. The molecule has 1 amide bonds. The molecular formula is C13H18ClN3O4S. The quantitative estimate of drug-likeness (QED) is 0.475. The summed E-state index contributed by atoms with van der Waals surface area (Å²) >= 11 is 5.99. The number of nitrogens with two attached hydrogens (primary N) is 1. The number of rotatable bonds is 4. The summed E-state index contributed by atoms with van der Waals surface area (Å²) in [6.07, 6.45) is 1.21. The van der Waals surface area contributed by atoms with Gasteiger partial charge in [-0.3, -0.25) is 10.2 Å². The summed E-state index contributed by atoms with van der Waals surface area (Å²) in [5, 5.41) is 0.219. The van der Waals surface area contributed by atoms with Crippen molar-refractivity contribution < 1.29 is 17.9 Å². The monoisotopic (exact) mass is 347 g/mol. The van der Waals surface area contributed by atoms with E-state index in [0.717, 1.165) is 0 Å². The lowest BCUT2D eigenvalue weighted by molar-refractivity contribution is -0.126. The van der Waals surface area contributed by atoms with E-state index in [2.05, 4.69) is 5.43 Å². The molecule has 0 aliphatic carbocycles. The van der Waals surface area contributed by atoms with Gasteiger partial charge in [-0.15, -0.1) is 0 Å². The molecule has 0 spiro atoms. The van der Waals surface area contributed by atoms with Crippen molar-refractivity contribution in [1.29, 1.82) is 0 Å². The van der Waals surface area contributed by atoms with E-state index in [4.69, 9.17) is 22.2 Å². The van der Waals surface area contributed by atoms with Gasteiger partial charge in [-0.2, -0.15) is 4.31 Å². The number of carbonyl (C=O) groups excluding carboxylic acids is 1. The molecule has 0 saturated carbocycles. The van der Waals surface area contributed by atoms with Crippen molar-refractivity contribution in [1.82, 2.24) is 9.73 Å². The van der Waals surface area contributed by atoms with Crippen molar-refractivity contribution in [3.8, 4) is 5.75 Å². The molecule has 0 bridgehead atoms. The van der Waals surface area contributed by atoms with Crippen LogP contribution in [0, 0.1) is 5.92 Å². The molecule has 9 heteroatoms. The van der Waals surface area contributed by atoms with Crippen molar-refractivity contribution in [3.05, 3.63) is 23.2 Å². The van der Waals surface area contributed by atoms with Gasteiger partial charge in [0.25, 0.3) is 0 Å². The first-order valence-corrected chi connectivity index (χ1v) is 8.56. The zero-order chi connectivity index (χ0) is 16.3. The second-order valence-corrected chi connectivity index (χ2v) is 7.35. The average molecular weight is 348 g/mol. The highest BCUT2D eigenvalue weighted by Crippen LogP contribution is 2.30. The number of hydrogen-bond acceptors (Lipinski definition) is 5. The van der Waals surface area contributed by atoms with Gasteiger partial charge >= 0.3 is 0 Å². The fourth-order valence-corrected chi connectivity index (χ4v) is 4.32. The van der Waals surface area contributed by atoms with Gasteiger partial charge < -0.3 is 4.74 Å². The van der Waals surface area contributed by atoms with E-state index in [-0.39, 0.29) is 22.4 Å². The lowest BCUT2D eigenvalue weighted by atomic mass is 9.99. The molecule has 1 aromatic carbocycles. The number of benzene rings is 1. The maximum absolute atomic E-state index is 12.7. The predicted molar refractivity (Wildman–Crippen MR) is 81.8 cm³/mol.